The number of carboxylic acid groups (broad SMARTS) is 1. The van der Waals surface area contributed by atoms with E-state index in [1.54, 1.807) is 18.2 Å². The molecule has 0 bridgehead atoms. The van der Waals surface area contributed by atoms with Crippen molar-refractivity contribution in [2.24, 2.45) is 0 Å². The quantitative estimate of drug-likeness (QED) is 0.847. The molecule has 0 amide bonds. The minimum absolute atomic E-state index is 0.159. The third kappa shape index (κ3) is 1.65. The molecule has 4 rings (SSSR count). The minimum atomic E-state index is -1.19. The van der Waals surface area contributed by atoms with Crippen molar-refractivity contribution in [1.29, 1.82) is 0 Å². The number of pyridine rings is 1. The zero-order chi connectivity index (χ0) is 15.5. The number of rotatable bonds is 1. The van der Waals surface area contributed by atoms with Gasteiger partial charge in [0.25, 0.3) is 0 Å². The number of carbonyl (C=O) groups is 1. The third-order valence-corrected chi connectivity index (χ3v) is 4.96. The van der Waals surface area contributed by atoms with E-state index in [0.29, 0.717) is 0 Å². The molecular weight excluding hydrogens is 282 g/mol. The monoisotopic (exact) mass is 297 g/mol. The van der Waals surface area contributed by atoms with Gasteiger partial charge in [-0.1, -0.05) is 0 Å². The van der Waals surface area contributed by atoms with Gasteiger partial charge in [0.15, 0.2) is 5.43 Å². The molecule has 0 radical (unpaired) electrons. The van der Waals surface area contributed by atoms with Crippen LogP contribution >= 0.6 is 0 Å². The van der Waals surface area contributed by atoms with Crippen LogP contribution in [-0.4, -0.2) is 20.7 Å². The van der Waals surface area contributed by atoms with Crippen molar-refractivity contribution in [3.63, 3.8) is 0 Å². The summed E-state index contributed by atoms with van der Waals surface area (Å²) in [6, 6.07) is 6.55. The molecule has 5 nitrogen and oxygen atoms in total. The molecule has 0 saturated heterocycles. The molecule has 5 heteroatoms. The first kappa shape index (κ1) is 13.1. The molecule has 0 atom stereocenters. The number of benzene rings is 1. The number of phenols is 1. The Hall–Kier alpha value is -2.56. The maximum Gasteiger partial charge on any atom is 0.341 e. The lowest BCUT2D eigenvalue weighted by Crippen LogP contribution is -2.46. The van der Waals surface area contributed by atoms with Crippen LogP contribution in [0.15, 0.2) is 35.3 Å². The summed E-state index contributed by atoms with van der Waals surface area (Å²) in [7, 11) is 0. The van der Waals surface area contributed by atoms with E-state index in [0.717, 1.165) is 42.5 Å². The maximum atomic E-state index is 12.1. The van der Waals surface area contributed by atoms with Gasteiger partial charge in [-0.3, -0.25) is 4.79 Å². The summed E-state index contributed by atoms with van der Waals surface area (Å²) in [6.07, 6.45) is 5.25. The van der Waals surface area contributed by atoms with Gasteiger partial charge in [0.05, 0.1) is 5.69 Å². The first-order valence-corrected chi connectivity index (χ1v) is 7.33. The van der Waals surface area contributed by atoms with E-state index in [4.69, 9.17) is 0 Å². The van der Waals surface area contributed by atoms with Gasteiger partial charge in [-0.2, -0.15) is 0 Å². The molecule has 1 fully saturated rings. The standard InChI is InChI=1S/C17H15NO4/c19-11-2-3-12-10(6-11)8-17(4-1-5-17)18-9-13(16(21)22)15(20)7-14(12)18/h2-3,6-7,9,19H,1,4-5,8H2,(H,21,22). The number of fused-ring (bicyclic) bond motifs is 4. The Morgan fingerprint density at radius 2 is 2.00 bits per heavy atom. The molecule has 112 valence electrons. The van der Waals surface area contributed by atoms with Gasteiger partial charge in [0.2, 0.25) is 0 Å². The van der Waals surface area contributed by atoms with Crippen molar-refractivity contribution >= 4 is 5.97 Å². The average molecular weight is 297 g/mol. The van der Waals surface area contributed by atoms with Gasteiger partial charge in [-0.15, -0.1) is 0 Å². The van der Waals surface area contributed by atoms with Crippen molar-refractivity contribution in [1.82, 2.24) is 4.57 Å². The topological polar surface area (TPSA) is 79.5 Å². The van der Waals surface area contributed by atoms with Crippen LogP contribution in [0.5, 0.6) is 5.75 Å². The van der Waals surface area contributed by atoms with Crippen LogP contribution in [0.25, 0.3) is 11.3 Å². The lowest BCUT2D eigenvalue weighted by atomic mass is 9.69. The lowest BCUT2D eigenvalue weighted by Gasteiger charge is -2.48. The largest absolute Gasteiger partial charge is 0.508 e. The van der Waals surface area contributed by atoms with Gasteiger partial charge < -0.3 is 14.8 Å². The number of carboxylic acids is 1. The summed E-state index contributed by atoms with van der Waals surface area (Å²) in [5, 5.41) is 18.9. The lowest BCUT2D eigenvalue weighted by molar-refractivity contribution is 0.0691. The summed E-state index contributed by atoms with van der Waals surface area (Å²) in [6.45, 7) is 0. The van der Waals surface area contributed by atoms with Crippen LogP contribution in [0.2, 0.25) is 0 Å². The maximum absolute atomic E-state index is 12.1. The molecule has 1 aliphatic heterocycles. The van der Waals surface area contributed by atoms with Crippen molar-refractivity contribution < 1.29 is 15.0 Å². The van der Waals surface area contributed by atoms with E-state index >= 15 is 0 Å². The smallest absolute Gasteiger partial charge is 0.341 e. The number of nitrogens with zero attached hydrogens (tertiary/aromatic N) is 1. The zero-order valence-corrected chi connectivity index (χ0v) is 11.9. The number of hydrogen-bond acceptors (Lipinski definition) is 3. The number of aromatic nitrogens is 1. The van der Waals surface area contributed by atoms with Crippen molar-refractivity contribution in [3.05, 3.63) is 51.8 Å². The summed E-state index contributed by atoms with van der Waals surface area (Å²) in [4.78, 5) is 23.4. The Morgan fingerprint density at radius 1 is 1.23 bits per heavy atom. The van der Waals surface area contributed by atoms with Crippen LogP contribution in [0.1, 0.15) is 35.2 Å². The van der Waals surface area contributed by atoms with Gasteiger partial charge >= 0.3 is 5.97 Å². The summed E-state index contributed by atoms with van der Waals surface area (Å²) >= 11 is 0. The number of hydrogen-bond donors (Lipinski definition) is 2. The summed E-state index contributed by atoms with van der Waals surface area (Å²) in [5.74, 6) is -0.975. The molecule has 1 spiro atoms. The predicted octanol–water partition coefficient (Wildman–Crippen LogP) is 2.35. The normalized spacial score (nSPS) is 17.5. The fraction of sp³-hybridized carbons (Fsp3) is 0.294. The zero-order valence-electron chi connectivity index (χ0n) is 11.9. The highest BCUT2D eigenvalue weighted by molar-refractivity contribution is 5.87. The van der Waals surface area contributed by atoms with Crippen LogP contribution < -0.4 is 5.43 Å². The predicted molar refractivity (Wildman–Crippen MR) is 80.3 cm³/mol. The second-order valence-electron chi connectivity index (χ2n) is 6.21. The van der Waals surface area contributed by atoms with E-state index in [-0.39, 0.29) is 16.9 Å². The van der Waals surface area contributed by atoms with Gasteiger partial charge in [-0.25, -0.2) is 4.79 Å². The summed E-state index contributed by atoms with van der Waals surface area (Å²) < 4.78 is 1.97. The first-order chi connectivity index (χ1) is 10.5. The molecular formula is C17H15NO4. The molecule has 1 aliphatic carbocycles. The SMILES string of the molecule is O=C(O)c1cn2c(cc1=O)-c1ccc(O)cc1CC21CCC1. The number of aromatic carboxylic acids is 1. The van der Waals surface area contributed by atoms with E-state index in [1.165, 1.54) is 12.3 Å². The molecule has 2 aromatic rings. The Morgan fingerprint density at radius 3 is 2.64 bits per heavy atom. The first-order valence-electron chi connectivity index (χ1n) is 7.33. The van der Waals surface area contributed by atoms with E-state index in [1.807, 2.05) is 4.57 Å². The molecule has 1 saturated carbocycles. The fourth-order valence-corrected chi connectivity index (χ4v) is 3.71. The number of phenolic OH excluding ortho intramolecular Hbond substituents is 1. The number of aromatic hydroxyl groups is 1. The van der Waals surface area contributed by atoms with Crippen molar-refractivity contribution in [2.75, 3.05) is 0 Å². The van der Waals surface area contributed by atoms with Crippen molar-refractivity contribution in [3.8, 4) is 17.0 Å². The second-order valence-corrected chi connectivity index (χ2v) is 6.21. The van der Waals surface area contributed by atoms with Gasteiger partial charge in [0, 0.05) is 23.4 Å². The van der Waals surface area contributed by atoms with Crippen LogP contribution in [0.4, 0.5) is 0 Å². The molecule has 1 aromatic carbocycles. The Labute approximate surface area is 126 Å². The second kappa shape index (κ2) is 4.22. The molecule has 1 aromatic heterocycles. The van der Waals surface area contributed by atoms with E-state index in [2.05, 4.69) is 0 Å². The molecule has 0 unspecified atom stereocenters. The van der Waals surface area contributed by atoms with Crippen molar-refractivity contribution in [2.45, 2.75) is 31.2 Å². The highest BCUT2D eigenvalue weighted by atomic mass is 16.4. The molecule has 22 heavy (non-hydrogen) atoms. The van der Waals surface area contributed by atoms with Gasteiger partial charge in [0.1, 0.15) is 11.3 Å². The van der Waals surface area contributed by atoms with Crippen LogP contribution in [-0.2, 0) is 12.0 Å². The van der Waals surface area contributed by atoms with Crippen LogP contribution in [0.3, 0.4) is 0 Å². The molecule has 2 aliphatic rings. The van der Waals surface area contributed by atoms with E-state index in [9.17, 15) is 19.8 Å². The van der Waals surface area contributed by atoms with Crippen LogP contribution in [0, 0.1) is 0 Å². The average Bonchev–Trinajstić information content (AvgIpc) is 2.43. The highest BCUT2D eigenvalue weighted by Crippen LogP contribution is 2.49. The molecule has 2 N–H and O–H groups in total. The van der Waals surface area contributed by atoms with Gasteiger partial charge in [-0.05, 0) is 49.4 Å². The molecule has 2 heterocycles. The minimum Gasteiger partial charge on any atom is -0.508 e. The van der Waals surface area contributed by atoms with E-state index < -0.39 is 11.4 Å². The highest BCUT2D eigenvalue weighted by Gasteiger charge is 2.43. The Bertz CT molecular complexity index is 861. The Kier molecular flexibility index (Phi) is 2.52. The fourth-order valence-electron chi connectivity index (χ4n) is 3.71. The summed E-state index contributed by atoms with van der Waals surface area (Å²) in [5.41, 5.74) is 1.84. The third-order valence-electron chi connectivity index (χ3n) is 4.96. The Balaban J connectivity index is 2.03.